The molecule has 188 valence electrons. The number of para-hydroxylation sites is 2. The van der Waals surface area contributed by atoms with Crippen molar-refractivity contribution in [2.75, 3.05) is 9.80 Å². The molecule has 0 radical (unpaired) electrons. The van der Waals surface area contributed by atoms with Gasteiger partial charge in [-0.25, -0.2) is 14.6 Å². The molecule has 1 aliphatic heterocycles. The summed E-state index contributed by atoms with van der Waals surface area (Å²) in [6.07, 6.45) is 1.49. The number of benzene rings is 4. The molecular weight excluding hydrogens is 612 g/mol. The Bertz CT molecular complexity index is 1450. The van der Waals surface area contributed by atoms with E-state index in [9.17, 15) is 14.4 Å². The molecule has 4 aromatic rings. The summed E-state index contributed by atoms with van der Waals surface area (Å²) in [7, 11) is 0. The SMILES string of the molecule is O=C1C(=Cc2cc(Br)c(OCc3ccccc3)c(Br)c2)C(=O)N(c2ccccc2)C(=O)N1c1ccccc1. The van der Waals surface area contributed by atoms with Gasteiger partial charge < -0.3 is 4.74 Å². The van der Waals surface area contributed by atoms with E-state index in [-0.39, 0.29) is 5.57 Å². The van der Waals surface area contributed by atoms with Crippen LogP contribution in [-0.2, 0) is 16.2 Å². The molecular formula is C30H20Br2N2O4. The average molecular weight is 632 g/mol. The molecule has 1 fully saturated rings. The van der Waals surface area contributed by atoms with Crippen molar-refractivity contribution in [3.8, 4) is 5.75 Å². The van der Waals surface area contributed by atoms with Gasteiger partial charge in [0, 0.05) is 0 Å². The van der Waals surface area contributed by atoms with E-state index in [1.807, 2.05) is 30.3 Å². The summed E-state index contributed by atoms with van der Waals surface area (Å²) in [6.45, 7) is 0.371. The van der Waals surface area contributed by atoms with Crippen molar-refractivity contribution in [3.05, 3.63) is 129 Å². The fourth-order valence-corrected chi connectivity index (χ4v) is 5.49. The largest absolute Gasteiger partial charge is 0.487 e. The molecule has 0 unspecified atom stereocenters. The standard InChI is InChI=1S/C30H20Br2N2O4/c31-25-17-21(18-26(32)27(25)38-19-20-10-4-1-5-11-20)16-24-28(35)33(22-12-6-2-7-13-22)30(37)34(29(24)36)23-14-8-3-9-15-23/h1-18H,19H2. The third kappa shape index (κ3) is 5.18. The Kier molecular flexibility index (Phi) is 7.53. The van der Waals surface area contributed by atoms with E-state index < -0.39 is 17.8 Å². The number of hydrogen-bond acceptors (Lipinski definition) is 4. The normalized spacial score (nSPS) is 13.6. The number of anilines is 2. The Morgan fingerprint density at radius 2 is 1.11 bits per heavy atom. The van der Waals surface area contributed by atoms with Crippen molar-refractivity contribution in [1.29, 1.82) is 0 Å². The highest BCUT2D eigenvalue weighted by atomic mass is 79.9. The van der Waals surface area contributed by atoms with Crippen LogP contribution < -0.4 is 14.5 Å². The first-order chi connectivity index (χ1) is 18.4. The summed E-state index contributed by atoms with van der Waals surface area (Å²) in [6, 6.07) is 29.6. The molecule has 0 aromatic heterocycles. The number of barbiturate groups is 1. The van der Waals surface area contributed by atoms with Crippen LogP contribution in [0.2, 0.25) is 0 Å². The molecule has 0 saturated carbocycles. The summed E-state index contributed by atoms with van der Waals surface area (Å²) in [5, 5.41) is 0. The first kappa shape index (κ1) is 25.6. The van der Waals surface area contributed by atoms with E-state index in [0.29, 0.717) is 38.2 Å². The molecule has 4 aromatic carbocycles. The average Bonchev–Trinajstić information content (AvgIpc) is 2.92. The molecule has 4 amide bonds. The summed E-state index contributed by atoms with van der Waals surface area (Å²) < 4.78 is 7.28. The Morgan fingerprint density at radius 3 is 1.58 bits per heavy atom. The van der Waals surface area contributed by atoms with E-state index in [1.165, 1.54) is 6.08 Å². The van der Waals surface area contributed by atoms with Crippen molar-refractivity contribution in [1.82, 2.24) is 0 Å². The first-order valence-electron chi connectivity index (χ1n) is 11.6. The minimum atomic E-state index is -0.735. The van der Waals surface area contributed by atoms with Gasteiger partial charge in [-0.05, 0) is 85.5 Å². The molecule has 0 atom stereocenters. The van der Waals surface area contributed by atoms with Crippen molar-refractivity contribution in [2.45, 2.75) is 6.61 Å². The van der Waals surface area contributed by atoms with Crippen LogP contribution in [0.15, 0.2) is 118 Å². The highest BCUT2D eigenvalue weighted by Crippen LogP contribution is 2.37. The molecule has 38 heavy (non-hydrogen) atoms. The molecule has 0 aliphatic carbocycles. The van der Waals surface area contributed by atoms with Gasteiger partial charge in [-0.15, -0.1) is 0 Å². The third-order valence-electron chi connectivity index (χ3n) is 5.84. The van der Waals surface area contributed by atoms with E-state index >= 15 is 0 Å². The second kappa shape index (κ2) is 11.2. The molecule has 0 N–H and O–H groups in total. The van der Waals surface area contributed by atoms with Crippen molar-refractivity contribution in [2.24, 2.45) is 0 Å². The van der Waals surface area contributed by atoms with Crippen LogP contribution in [0.3, 0.4) is 0 Å². The predicted molar refractivity (Wildman–Crippen MR) is 154 cm³/mol. The summed E-state index contributed by atoms with van der Waals surface area (Å²) in [5.41, 5.74) is 2.18. The zero-order valence-electron chi connectivity index (χ0n) is 19.9. The van der Waals surface area contributed by atoms with E-state index in [0.717, 1.165) is 15.4 Å². The van der Waals surface area contributed by atoms with Gasteiger partial charge in [0.25, 0.3) is 11.8 Å². The number of halogens is 2. The van der Waals surface area contributed by atoms with Gasteiger partial charge >= 0.3 is 6.03 Å². The van der Waals surface area contributed by atoms with Gasteiger partial charge in [0.05, 0.1) is 20.3 Å². The van der Waals surface area contributed by atoms with Gasteiger partial charge in [0.1, 0.15) is 17.9 Å². The van der Waals surface area contributed by atoms with Crippen molar-refractivity contribution in [3.63, 3.8) is 0 Å². The Morgan fingerprint density at radius 1 is 0.658 bits per heavy atom. The van der Waals surface area contributed by atoms with E-state index in [4.69, 9.17) is 4.74 Å². The highest BCUT2D eigenvalue weighted by Gasteiger charge is 2.43. The maximum atomic E-state index is 13.6. The lowest BCUT2D eigenvalue weighted by molar-refractivity contribution is -0.121. The van der Waals surface area contributed by atoms with Crippen LogP contribution >= 0.6 is 31.9 Å². The molecule has 6 nitrogen and oxygen atoms in total. The fourth-order valence-electron chi connectivity index (χ4n) is 4.04. The second-order valence-electron chi connectivity index (χ2n) is 8.38. The quantitative estimate of drug-likeness (QED) is 0.165. The summed E-state index contributed by atoms with van der Waals surface area (Å²) in [5.74, 6) is -0.811. The molecule has 1 aliphatic rings. The monoisotopic (exact) mass is 630 g/mol. The smallest absolute Gasteiger partial charge is 0.343 e. The van der Waals surface area contributed by atoms with Crippen LogP contribution in [0.25, 0.3) is 6.08 Å². The zero-order valence-corrected chi connectivity index (χ0v) is 23.1. The molecule has 8 heteroatoms. The lowest BCUT2D eigenvalue weighted by Crippen LogP contribution is -2.57. The fraction of sp³-hybridized carbons (Fsp3) is 0.0333. The molecule has 5 rings (SSSR count). The van der Waals surface area contributed by atoms with Gasteiger partial charge in [0.2, 0.25) is 0 Å². The maximum absolute atomic E-state index is 13.6. The van der Waals surface area contributed by atoms with Crippen LogP contribution in [0.1, 0.15) is 11.1 Å². The number of rotatable bonds is 6. The van der Waals surface area contributed by atoms with Gasteiger partial charge in [-0.2, -0.15) is 0 Å². The van der Waals surface area contributed by atoms with Crippen LogP contribution in [-0.4, -0.2) is 17.8 Å². The van der Waals surface area contributed by atoms with Crippen LogP contribution in [0.5, 0.6) is 5.75 Å². The number of carbonyl (C=O) groups is 3. The number of hydrogen-bond donors (Lipinski definition) is 0. The molecule has 1 saturated heterocycles. The maximum Gasteiger partial charge on any atom is 0.343 e. The number of ether oxygens (including phenoxy) is 1. The minimum Gasteiger partial charge on any atom is -0.487 e. The van der Waals surface area contributed by atoms with Gasteiger partial charge in [0.15, 0.2) is 0 Å². The zero-order chi connectivity index (χ0) is 26.6. The Labute approximate surface area is 236 Å². The second-order valence-corrected chi connectivity index (χ2v) is 10.1. The Balaban J connectivity index is 1.53. The number of urea groups is 1. The van der Waals surface area contributed by atoms with Gasteiger partial charge in [-0.3, -0.25) is 9.59 Å². The van der Waals surface area contributed by atoms with Crippen LogP contribution in [0, 0.1) is 0 Å². The van der Waals surface area contributed by atoms with E-state index in [2.05, 4.69) is 31.9 Å². The Hall–Kier alpha value is -4.01. The number of nitrogens with zero attached hydrogens (tertiary/aromatic N) is 2. The first-order valence-corrected chi connectivity index (χ1v) is 13.2. The minimum absolute atomic E-state index is 0.144. The number of amides is 4. The number of imide groups is 2. The predicted octanol–water partition coefficient (Wildman–Crippen LogP) is 7.37. The topological polar surface area (TPSA) is 66.9 Å². The third-order valence-corrected chi connectivity index (χ3v) is 7.01. The van der Waals surface area contributed by atoms with Gasteiger partial charge in [-0.1, -0.05) is 66.7 Å². The molecule has 1 heterocycles. The number of carbonyl (C=O) groups excluding carboxylic acids is 3. The van der Waals surface area contributed by atoms with Crippen LogP contribution in [0.4, 0.5) is 16.2 Å². The molecule has 0 bridgehead atoms. The van der Waals surface area contributed by atoms with E-state index in [1.54, 1.807) is 72.8 Å². The van der Waals surface area contributed by atoms with Crippen molar-refractivity contribution < 1.29 is 19.1 Å². The lowest BCUT2D eigenvalue weighted by atomic mass is 10.0. The van der Waals surface area contributed by atoms with Crippen molar-refractivity contribution >= 4 is 67.2 Å². The molecule has 0 spiro atoms. The lowest BCUT2D eigenvalue weighted by Gasteiger charge is -2.34. The highest BCUT2D eigenvalue weighted by molar-refractivity contribution is 9.11. The summed E-state index contributed by atoms with van der Waals surface area (Å²) >= 11 is 7.09. The summed E-state index contributed by atoms with van der Waals surface area (Å²) in [4.78, 5) is 42.6.